The number of nitrogens with one attached hydrogen (secondary N) is 2. The number of nitrogens with zero attached hydrogens (tertiary/aromatic N) is 2. The number of carbonyl (C=O) groups is 4. The minimum Gasteiger partial charge on any atom is -0.466 e. The van der Waals surface area contributed by atoms with E-state index in [1.54, 1.807) is 64.4 Å². The van der Waals surface area contributed by atoms with E-state index in [0.29, 0.717) is 32.7 Å². The Hall–Kier alpha value is -3.11. The molecule has 0 aliphatic rings. The molecule has 0 radical (unpaired) electrons. The van der Waals surface area contributed by atoms with Gasteiger partial charge in [0.05, 0.1) is 45.9 Å². The molecule has 0 bridgehead atoms. The van der Waals surface area contributed by atoms with Crippen molar-refractivity contribution in [3.05, 3.63) is 45.2 Å². The molecule has 2 amide bonds. The number of benzene rings is 1. The maximum absolute atomic E-state index is 13.3. The number of rotatable bonds is 12. The topological polar surface area (TPSA) is 129 Å². The summed E-state index contributed by atoms with van der Waals surface area (Å²) in [5, 5.41) is 10.6. The summed E-state index contributed by atoms with van der Waals surface area (Å²) in [5.41, 5.74) is 1.92. The lowest BCUT2D eigenvalue weighted by Gasteiger charge is -2.25. The van der Waals surface area contributed by atoms with Crippen LogP contribution in [-0.4, -0.2) is 58.8 Å². The highest BCUT2D eigenvalue weighted by atomic mass is 35.5. The molecule has 0 spiro atoms. The van der Waals surface area contributed by atoms with E-state index in [-0.39, 0.29) is 32.0 Å². The first kappa shape index (κ1) is 31.1. The molecule has 38 heavy (non-hydrogen) atoms. The Morgan fingerprint density at radius 2 is 1.66 bits per heavy atom. The van der Waals surface area contributed by atoms with Gasteiger partial charge < -0.3 is 20.1 Å². The maximum atomic E-state index is 13.3. The summed E-state index contributed by atoms with van der Waals surface area (Å²) in [6, 6.07) is 2.95. The van der Waals surface area contributed by atoms with Crippen molar-refractivity contribution in [1.82, 2.24) is 20.4 Å². The Morgan fingerprint density at radius 3 is 2.24 bits per heavy atom. The van der Waals surface area contributed by atoms with E-state index in [2.05, 4.69) is 15.7 Å². The molecule has 0 saturated carbocycles. The summed E-state index contributed by atoms with van der Waals surface area (Å²) in [7, 11) is 0. The zero-order valence-electron chi connectivity index (χ0n) is 22.4. The van der Waals surface area contributed by atoms with Gasteiger partial charge in [0.25, 0.3) is 5.91 Å². The van der Waals surface area contributed by atoms with Crippen LogP contribution in [0.5, 0.6) is 0 Å². The molecule has 1 aromatic heterocycles. The largest absolute Gasteiger partial charge is 0.466 e. The average Bonchev–Trinajstić information content (AvgIpc) is 3.15. The lowest BCUT2D eigenvalue weighted by molar-refractivity contribution is -0.149. The molecule has 0 unspecified atom stereocenters. The second kappa shape index (κ2) is 14.2. The zero-order valence-corrected chi connectivity index (χ0v) is 23.9. The van der Waals surface area contributed by atoms with Crippen molar-refractivity contribution in [2.45, 2.75) is 66.5 Å². The Labute approximate surface area is 232 Å². The molecule has 208 valence electrons. The molecule has 1 aromatic carbocycles. The van der Waals surface area contributed by atoms with Crippen molar-refractivity contribution in [3.8, 4) is 5.69 Å². The van der Waals surface area contributed by atoms with Crippen LogP contribution in [0.1, 0.15) is 62.3 Å². The summed E-state index contributed by atoms with van der Waals surface area (Å²) >= 11 is 12.2. The van der Waals surface area contributed by atoms with Crippen LogP contribution in [0.15, 0.2) is 18.2 Å². The number of aryl methyl sites for hydroxylation is 1. The van der Waals surface area contributed by atoms with Gasteiger partial charge in [0.1, 0.15) is 12.1 Å². The van der Waals surface area contributed by atoms with E-state index in [1.165, 1.54) is 0 Å². The first-order chi connectivity index (χ1) is 17.9. The van der Waals surface area contributed by atoms with Crippen molar-refractivity contribution in [2.24, 2.45) is 5.92 Å². The quantitative estimate of drug-likeness (QED) is 0.371. The van der Waals surface area contributed by atoms with Crippen molar-refractivity contribution in [2.75, 3.05) is 13.2 Å². The molecule has 2 aromatic rings. The molecular formula is C26H34Cl2N4O6. The van der Waals surface area contributed by atoms with Gasteiger partial charge in [0.15, 0.2) is 0 Å². The van der Waals surface area contributed by atoms with Crippen LogP contribution in [0.2, 0.25) is 10.0 Å². The summed E-state index contributed by atoms with van der Waals surface area (Å²) < 4.78 is 11.5. The third kappa shape index (κ3) is 7.94. The van der Waals surface area contributed by atoms with Gasteiger partial charge in [-0.05, 0) is 58.2 Å². The molecule has 0 aliphatic carbocycles. The highest BCUT2D eigenvalue weighted by Gasteiger charge is 2.31. The van der Waals surface area contributed by atoms with Gasteiger partial charge in [-0.3, -0.25) is 14.4 Å². The predicted molar refractivity (Wildman–Crippen MR) is 144 cm³/mol. The number of hydrogen-bond donors (Lipinski definition) is 2. The summed E-state index contributed by atoms with van der Waals surface area (Å²) in [4.78, 5) is 50.8. The van der Waals surface area contributed by atoms with Gasteiger partial charge in [-0.2, -0.15) is 5.10 Å². The van der Waals surface area contributed by atoms with Crippen LogP contribution in [0.4, 0.5) is 0 Å². The van der Waals surface area contributed by atoms with Gasteiger partial charge in [-0.1, -0.05) is 37.0 Å². The molecule has 2 N–H and O–H groups in total. The van der Waals surface area contributed by atoms with E-state index in [4.69, 9.17) is 32.7 Å². The van der Waals surface area contributed by atoms with Gasteiger partial charge >= 0.3 is 11.9 Å². The fourth-order valence-electron chi connectivity index (χ4n) is 3.84. The minimum absolute atomic E-state index is 0.00317. The molecule has 0 fully saturated rings. The molecule has 2 rings (SSSR count). The maximum Gasteiger partial charge on any atom is 0.328 e. The highest BCUT2D eigenvalue weighted by molar-refractivity contribution is 6.42. The van der Waals surface area contributed by atoms with Gasteiger partial charge in [0.2, 0.25) is 5.91 Å². The number of hydrogen-bond acceptors (Lipinski definition) is 7. The molecule has 12 heteroatoms. The molecule has 0 aliphatic heterocycles. The fraction of sp³-hybridized carbons (Fsp3) is 0.500. The smallest absolute Gasteiger partial charge is 0.328 e. The fourth-order valence-corrected chi connectivity index (χ4v) is 4.13. The van der Waals surface area contributed by atoms with E-state index >= 15 is 0 Å². The van der Waals surface area contributed by atoms with Crippen LogP contribution < -0.4 is 10.6 Å². The monoisotopic (exact) mass is 568 g/mol. The number of aromatic nitrogens is 2. The average molecular weight is 569 g/mol. The second-order valence-corrected chi connectivity index (χ2v) is 9.72. The predicted octanol–water partition coefficient (Wildman–Crippen LogP) is 3.94. The summed E-state index contributed by atoms with van der Waals surface area (Å²) in [6.45, 7) is 10.6. The number of halogens is 2. The molecule has 1 heterocycles. The Bertz CT molecular complexity index is 1180. The minimum atomic E-state index is -1.08. The zero-order chi connectivity index (χ0) is 28.6. The van der Waals surface area contributed by atoms with Gasteiger partial charge in [-0.25, -0.2) is 9.48 Å². The molecule has 10 nitrogen and oxygen atoms in total. The standard InChI is InChI=1S/C26H34Cl2N4O6/c1-7-37-21(33)12-11-20(26(36)38-8-2)29-25(35)23(14(3)4)30-24(34)22-15(5)31-32(16(22)6)17-9-10-18(27)19(28)13-17/h9-10,13-14,20,23H,7-8,11-12H2,1-6H3,(H,29,35)(H,30,34)/t20-,23+/m1/s1. The van der Waals surface area contributed by atoms with Gasteiger partial charge in [0, 0.05) is 6.42 Å². The Morgan fingerprint density at radius 1 is 1.00 bits per heavy atom. The van der Waals surface area contributed by atoms with Crippen molar-refractivity contribution >= 4 is 47.0 Å². The highest BCUT2D eigenvalue weighted by Crippen LogP contribution is 2.26. The van der Waals surface area contributed by atoms with Crippen LogP contribution in [0.3, 0.4) is 0 Å². The number of carbonyl (C=O) groups excluding carboxylic acids is 4. The first-order valence-corrected chi connectivity index (χ1v) is 13.1. The van der Waals surface area contributed by atoms with Crippen LogP contribution in [-0.2, 0) is 23.9 Å². The van der Waals surface area contributed by atoms with E-state index in [1.807, 2.05) is 0 Å². The molecule has 0 saturated heterocycles. The Balaban J connectivity index is 2.24. The van der Waals surface area contributed by atoms with Crippen LogP contribution in [0.25, 0.3) is 5.69 Å². The first-order valence-electron chi connectivity index (χ1n) is 12.4. The molecular weight excluding hydrogens is 535 g/mol. The SMILES string of the molecule is CCOC(=O)CC[C@@H](NC(=O)[C@@H](NC(=O)c1c(C)nn(-c2ccc(Cl)c(Cl)c2)c1C)C(C)C)C(=O)OCC. The van der Waals surface area contributed by atoms with Crippen molar-refractivity contribution < 1.29 is 28.7 Å². The van der Waals surface area contributed by atoms with E-state index < -0.39 is 35.8 Å². The second-order valence-electron chi connectivity index (χ2n) is 8.91. The van der Waals surface area contributed by atoms with Crippen molar-refractivity contribution in [3.63, 3.8) is 0 Å². The normalized spacial score (nSPS) is 12.6. The van der Waals surface area contributed by atoms with Gasteiger partial charge in [-0.15, -0.1) is 0 Å². The van der Waals surface area contributed by atoms with Crippen LogP contribution >= 0.6 is 23.2 Å². The van der Waals surface area contributed by atoms with E-state index in [9.17, 15) is 19.2 Å². The van der Waals surface area contributed by atoms with Crippen LogP contribution in [0, 0.1) is 19.8 Å². The summed E-state index contributed by atoms with van der Waals surface area (Å²) in [5.74, 6) is -2.57. The number of ether oxygens (including phenoxy) is 2. The third-order valence-corrected chi connectivity index (χ3v) is 6.47. The third-order valence-electron chi connectivity index (χ3n) is 5.73. The van der Waals surface area contributed by atoms with Crippen molar-refractivity contribution in [1.29, 1.82) is 0 Å². The number of amides is 2. The Kier molecular flexibility index (Phi) is 11.6. The number of esters is 2. The molecule has 2 atom stereocenters. The van der Waals surface area contributed by atoms with E-state index in [0.717, 1.165) is 0 Å². The summed E-state index contributed by atoms with van der Waals surface area (Å²) in [6.07, 6.45) is -0.0839. The lowest BCUT2D eigenvalue weighted by atomic mass is 10.0. The lowest BCUT2D eigenvalue weighted by Crippen LogP contribution is -2.54.